The van der Waals surface area contributed by atoms with Gasteiger partial charge < -0.3 is 15.0 Å². The average Bonchev–Trinajstić information content (AvgIpc) is 3.07. The number of nitrogens with zero attached hydrogens (tertiary/aromatic N) is 1. The van der Waals surface area contributed by atoms with Gasteiger partial charge in [-0.25, -0.2) is 4.79 Å². The Morgan fingerprint density at radius 1 is 1.56 bits per heavy atom. The fourth-order valence-electron chi connectivity index (χ4n) is 2.05. The minimum Gasteiger partial charge on any atom is -0.461 e. The van der Waals surface area contributed by atoms with E-state index >= 15 is 0 Å². The Hall–Kier alpha value is -1.45. The van der Waals surface area contributed by atoms with Gasteiger partial charge in [0.15, 0.2) is 0 Å². The van der Waals surface area contributed by atoms with E-state index in [0.717, 1.165) is 25.7 Å². The molecule has 0 saturated heterocycles. The first-order chi connectivity index (χ1) is 8.58. The Morgan fingerprint density at radius 2 is 2.28 bits per heavy atom. The van der Waals surface area contributed by atoms with Crippen LogP contribution in [0.25, 0.3) is 0 Å². The molecule has 4 heteroatoms. The monoisotopic (exact) mass is 250 g/mol. The van der Waals surface area contributed by atoms with E-state index in [9.17, 15) is 4.79 Å². The highest BCUT2D eigenvalue weighted by Crippen LogP contribution is 2.37. The first-order valence-electron chi connectivity index (χ1n) is 6.72. The smallest absolute Gasteiger partial charge is 0.355 e. The lowest BCUT2D eigenvalue weighted by atomic mass is 10.1. The normalized spacial score (nSPS) is 15.1. The summed E-state index contributed by atoms with van der Waals surface area (Å²) in [4.78, 5) is 12.0. The predicted octanol–water partition coefficient (Wildman–Crippen LogP) is 3.00. The Labute approximate surface area is 108 Å². The molecule has 100 valence electrons. The Kier molecular flexibility index (Phi) is 3.94. The topological polar surface area (TPSA) is 57.2 Å². The van der Waals surface area contributed by atoms with Crippen LogP contribution < -0.4 is 5.73 Å². The highest BCUT2D eigenvalue weighted by atomic mass is 16.5. The van der Waals surface area contributed by atoms with E-state index in [1.54, 1.807) is 6.07 Å². The minimum atomic E-state index is -0.248. The molecule has 0 unspecified atom stereocenters. The zero-order valence-corrected chi connectivity index (χ0v) is 11.2. The van der Waals surface area contributed by atoms with Crippen molar-refractivity contribution in [1.29, 1.82) is 0 Å². The van der Waals surface area contributed by atoms with Crippen LogP contribution in [0.1, 0.15) is 56.1 Å². The van der Waals surface area contributed by atoms with E-state index in [1.807, 2.05) is 10.8 Å². The third-order valence-electron chi connectivity index (χ3n) is 3.18. The third kappa shape index (κ3) is 3.28. The van der Waals surface area contributed by atoms with Crippen molar-refractivity contribution in [3.05, 3.63) is 18.0 Å². The number of hydrogen-bond donors (Lipinski definition) is 1. The molecule has 1 aliphatic carbocycles. The number of rotatable bonds is 6. The van der Waals surface area contributed by atoms with Crippen molar-refractivity contribution < 1.29 is 9.53 Å². The van der Waals surface area contributed by atoms with E-state index in [-0.39, 0.29) is 5.97 Å². The molecule has 1 aromatic heterocycles. The average molecular weight is 250 g/mol. The van der Waals surface area contributed by atoms with Crippen LogP contribution in [0.4, 0.5) is 5.69 Å². The first-order valence-corrected chi connectivity index (χ1v) is 6.72. The van der Waals surface area contributed by atoms with Gasteiger partial charge in [-0.05, 0) is 37.7 Å². The summed E-state index contributed by atoms with van der Waals surface area (Å²) in [5.41, 5.74) is 6.98. The number of anilines is 1. The van der Waals surface area contributed by atoms with Gasteiger partial charge in [0, 0.05) is 12.2 Å². The van der Waals surface area contributed by atoms with Gasteiger partial charge in [0.05, 0.1) is 12.3 Å². The summed E-state index contributed by atoms with van der Waals surface area (Å²) in [7, 11) is 0. The number of carbonyl (C=O) groups excluding carboxylic acids is 1. The van der Waals surface area contributed by atoms with Crippen LogP contribution >= 0.6 is 0 Å². The highest BCUT2D eigenvalue weighted by molar-refractivity contribution is 5.89. The lowest BCUT2D eigenvalue weighted by Crippen LogP contribution is -2.12. The molecule has 0 spiro atoms. The molecule has 0 aromatic carbocycles. The van der Waals surface area contributed by atoms with Crippen LogP contribution in [0.15, 0.2) is 12.3 Å². The van der Waals surface area contributed by atoms with Gasteiger partial charge in [-0.2, -0.15) is 0 Å². The summed E-state index contributed by atoms with van der Waals surface area (Å²) in [6.45, 7) is 4.83. The summed E-state index contributed by atoms with van der Waals surface area (Å²) < 4.78 is 7.25. The summed E-state index contributed by atoms with van der Waals surface area (Å²) in [5, 5.41) is 0. The molecule has 1 saturated carbocycles. The van der Waals surface area contributed by atoms with E-state index < -0.39 is 0 Å². The summed E-state index contributed by atoms with van der Waals surface area (Å²) in [6.07, 6.45) is 6.09. The molecular formula is C14H22N2O2. The molecule has 1 fully saturated rings. The Morgan fingerprint density at radius 3 is 2.89 bits per heavy atom. The van der Waals surface area contributed by atoms with Crippen molar-refractivity contribution >= 4 is 11.7 Å². The zero-order valence-electron chi connectivity index (χ0n) is 11.2. The Balaban J connectivity index is 1.88. The molecule has 0 amide bonds. The van der Waals surface area contributed by atoms with Crippen LogP contribution in [-0.2, 0) is 4.74 Å². The molecule has 2 rings (SSSR count). The van der Waals surface area contributed by atoms with Crippen molar-refractivity contribution in [2.75, 3.05) is 12.3 Å². The van der Waals surface area contributed by atoms with Gasteiger partial charge in [-0.3, -0.25) is 0 Å². The summed E-state index contributed by atoms with van der Waals surface area (Å²) in [6, 6.07) is 2.16. The molecule has 0 radical (unpaired) electrons. The van der Waals surface area contributed by atoms with Crippen LogP contribution in [0, 0.1) is 5.92 Å². The molecule has 4 nitrogen and oxygen atoms in total. The van der Waals surface area contributed by atoms with Crippen molar-refractivity contribution in [2.45, 2.75) is 45.6 Å². The van der Waals surface area contributed by atoms with Gasteiger partial charge in [-0.1, -0.05) is 13.8 Å². The number of esters is 1. The largest absolute Gasteiger partial charge is 0.461 e. The van der Waals surface area contributed by atoms with Gasteiger partial charge in [0.1, 0.15) is 5.69 Å². The van der Waals surface area contributed by atoms with Crippen molar-refractivity contribution in [1.82, 2.24) is 4.57 Å². The van der Waals surface area contributed by atoms with E-state index in [0.29, 0.717) is 29.9 Å². The fraction of sp³-hybridized carbons (Fsp3) is 0.643. The maximum Gasteiger partial charge on any atom is 0.355 e. The molecule has 0 aliphatic heterocycles. The molecular weight excluding hydrogens is 228 g/mol. The number of carbonyl (C=O) groups is 1. The van der Waals surface area contributed by atoms with Gasteiger partial charge in [0.2, 0.25) is 0 Å². The molecule has 2 N–H and O–H groups in total. The molecule has 0 bridgehead atoms. The standard InChI is InChI=1S/C14H22N2O2/c1-10(2)4-3-7-18-14(17)13-8-11(15)9-16(13)12-5-6-12/h8-10,12H,3-7,15H2,1-2H3. The predicted molar refractivity (Wildman–Crippen MR) is 71.5 cm³/mol. The summed E-state index contributed by atoms with van der Waals surface area (Å²) in [5.74, 6) is 0.400. The van der Waals surface area contributed by atoms with Gasteiger partial charge in [-0.15, -0.1) is 0 Å². The molecule has 0 atom stereocenters. The number of nitrogens with two attached hydrogens (primary N) is 1. The molecule has 1 heterocycles. The Bertz CT molecular complexity index is 419. The summed E-state index contributed by atoms with van der Waals surface area (Å²) >= 11 is 0. The maximum absolute atomic E-state index is 12.0. The maximum atomic E-state index is 12.0. The second-order valence-electron chi connectivity index (χ2n) is 5.47. The highest BCUT2D eigenvalue weighted by Gasteiger charge is 2.28. The van der Waals surface area contributed by atoms with Crippen LogP contribution in [0.2, 0.25) is 0 Å². The lowest BCUT2D eigenvalue weighted by molar-refractivity contribution is 0.0482. The minimum absolute atomic E-state index is 0.248. The van der Waals surface area contributed by atoms with Crippen LogP contribution in [0.3, 0.4) is 0 Å². The number of hydrogen-bond acceptors (Lipinski definition) is 3. The van der Waals surface area contributed by atoms with E-state index in [4.69, 9.17) is 10.5 Å². The van der Waals surface area contributed by atoms with E-state index in [2.05, 4.69) is 13.8 Å². The van der Waals surface area contributed by atoms with Crippen molar-refractivity contribution in [2.24, 2.45) is 5.92 Å². The SMILES string of the molecule is CC(C)CCCOC(=O)c1cc(N)cn1C1CC1. The van der Waals surface area contributed by atoms with Crippen molar-refractivity contribution in [3.8, 4) is 0 Å². The number of aromatic nitrogens is 1. The second kappa shape index (κ2) is 5.46. The van der Waals surface area contributed by atoms with Crippen LogP contribution in [0.5, 0.6) is 0 Å². The zero-order chi connectivity index (χ0) is 13.1. The fourth-order valence-corrected chi connectivity index (χ4v) is 2.05. The van der Waals surface area contributed by atoms with Crippen molar-refractivity contribution in [3.63, 3.8) is 0 Å². The van der Waals surface area contributed by atoms with Gasteiger partial charge >= 0.3 is 5.97 Å². The molecule has 18 heavy (non-hydrogen) atoms. The van der Waals surface area contributed by atoms with E-state index in [1.165, 1.54) is 0 Å². The quantitative estimate of drug-likeness (QED) is 0.623. The number of nitrogen functional groups attached to an aromatic ring is 1. The lowest BCUT2D eigenvalue weighted by Gasteiger charge is -2.08. The first kappa shape index (κ1) is 13.0. The van der Waals surface area contributed by atoms with Crippen LogP contribution in [-0.4, -0.2) is 17.1 Å². The molecule has 1 aliphatic rings. The third-order valence-corrected chi connectivity index (χ3v) is 3.18. The molecule has 1 aromatic rings. The van der Waals surface area contributed by atoms with Gasteiger partial charge in [0.25, 0.3) is 0 Å². The second-order valence-corrected chi connectivity index (χ2v) is 5.47. The number of ether oxygens (including phenoxy) is 1.